The van der Waals surface area contributed by atoms with Gasteiger partial charge in [0.25, 0.3) is 0 Å². The smallest absolute Gasteiger partial charge is 0.242 e. The highest BCUT2D eigenvalue weighted by atomic mass is 79.9. The van der Waals surface area contributed by atoms with Gasteiger partial charge in [0.05, 0.1) is 6.42 Å². The number of hydrogen-bond donors (Lipinski definition) is 1. The van der Waals surface area contributed by atoms with Crippen LogP contribution in [0.25, 0.3) is 0 Å². The zero-order valence-electron chi connectivity index (χ0n) is 16.4. The molecule has 150 valence electrons. The fourth-order valence-corrected chi connectivity index (χ4v) is 3.19. The summed E-state index contributed by atoms with van der Waals surface area (Å²) in [6.45, 7) is 6.64. The number of nitrogens with zero attached hydrogens (tertiary/aromatic N) is 1. The minimum Gasteiger partial charge on any atom is -0.354 e. The van der Waals surface area contributed by atoms with Gasteiger partial charge in [0, 0.05) is 17.6 Å². The van der Waals surface area contributed by atoms with E-state index >= 15 is 0 Å². The Balaban J connectivity index is 2.19. The van der Waals surface area contributed by atoms with Gasteiger partial charge in [0.15, 0.2) is 0 Å². The predicted octanol–water partition coefficient (Wildman–Crippen LogP) is 4.32. The van der Waals surface area contributed by atoms with Crippen LogP contribution in [0.15, 0.2) is 53.0 Å². The lowest BCUT2D eigenvalue weighted by atomic mass is 10.1. The molecule has 2 aromatic carbocycles. The van der Waals surface area contributed by atoms with Gasteiger partial charge in [0.1, 0.15) is 11.9 Å². The third kappa shape index (κ3) is 6.75. The predicted molar refractivity (Wildman–Crippen MR) is 112 cm³/mol. The van der Waals surface area contributed by atoms with Crippen molar-refractivity contribution in [2.24, 2.45) is 5.92 Å². The molecule has 1 N–H and O–H groups in total. The molecule has 28 heavy (non-hydrogen) atoms. The van der Waals surface area contributed by atoms with Crippen LogP contribution in [-0.2, 0) is 22.6 Å². The zero-order valence-corrected chi connectivity index (χ0v) is 18.0. The first-order valence-electron chi connectivity index (χ1n) is 9.32. The van der Waals surface area contributed by atoms with Crippen molar-refractivity contribution in [3.8, 4) is 0 Å². The second kappa shape index (κ2) is 10.4. The van der Waals surface area contributed by atoms with Crippen LogP contribution in [0.5, 0.6) is 0 Å². The molecule has 0 saturated carbocycles. The van der Waals surface area contributed by atoms with Crippen LogP contribution in [0, 0.1) is 11.7 Å². The van der Waals surface area contributed by atoms with E-state index in [4.69, 9.17) is 0 Å². The standard InChI is InChI=1S/C22H26BrFN2O2/c1-15(2)13-25-22(28)16(3)26(14-18-5-4-6-19(23)11-18)21(27)12-17-7-9-20(24)10-8-17/h4-11,15-16H,12-14H2,1-3H3,(H,25,28)/t16-/m0/s1. The van der Waals surface area contributed by atoms with Crippen molar-refractivity contribution < 1.29 is 14.0 Å². The minimum absolute atomic E-state index is 0.107. The van der Waals surface area contributed by atoms with Gasteiger partial charge in [-0.25, -0.2) is 4.39 Å². The number of carbonyl (C=O) groups is 2. The van der Waals surface area contributed by atoms with Gasteiger partial charge < -0.3 is 10.2 Å². The molecule has 0 aliphatic rings. The van der Waals surface area contributed by atoms with Crippen LogP contribution in [0.1, 0.15) is 31.9 Å². The highest BCUT2D eigenvalue weighted by Gasteiger charge is 2.26. The fourth-order valence-electron chi connectivity index (χ4n) is 2.75. The molecule has 0 aromatic heterocycles. The van der Waals surface area contributed by atoms with Gasteiger partial charge in [-0.1, -0.05) is 54.0 Å². The van der Waals surface area contributed by atoms with Crippen molar-refractivity contribution in [3.05, 3.63) is 69.9 Å². The first kappa shape index (κ1) is 22.1. The van der Waals surface area contributed by atoms with E-state index in [0.29, 0.717) is 24.6 Å². The Labute approximate surface area is 174 Å². The Morgan fingerprint density at radius 2 is 1.75 bits per heavy atom. The topological polar surface area (TPSA) is 49.4 Å². The zero-order chi connectivity index (χ0) is 20.7. The second-order valence-electron chi connectivity index (χ2n) is 7.27. The summed E-state index contributed by atoms with van der Waals surface area (Å²) in [4.78, 5) is 27.2. The highest BCUT2D eigenvalue weighted by Crippen LogP contribution is 2.16. The quantitative estimate of drug-likeness (QED) is 0.653. The summed E-state index contributed by atoms with van der Waals surface area (Å²) >= 11 is 3.44. The van der Waals surface area contributed by atoms with E-state index in [1.807, 2.05) is 38.1 Å². The molecule has 2 amide bonds. The molecule has 0 aliphatic carbocycles. The minimum atomic E-state index is -0.620. The number of halogens is 2. The van der Waals surface area contributed by atoms with E-state index in [1.165, 1.54) is 12.1 Å². The summed E-state index contributed by atoms with van der Waals surface area (Å²) < 4.78 is 14.0. The average molecular weight is 449 g/mol. The lowest BCUT2D eigenvalue weighted by Gasteiger charge is -2.29. The summed E-state index contributed by atoms with van der Waals surface area (Å²) in [5, 5.41) is 2.89. The van der Waals surface area contributed by atoms with Gasteiger partial charge in [0.2, 0.25) is 11.8 Å². The molecule has 2 rings (SSSR count). The molecule has 0 bridgehead atoms. The lowest BCUT2D eigenvalue weighted by Crippen LogP contribution is -2.48. The molecular formula is C22H26BrFN2O2. The van der Waals surface area contributed by atoms with E-state index in [-0.39, 0.29) is 24.1 Å². The molecule has 4 nitrogen and oxygen atoms in total. The molecule has 0 unspecified atom stereocenters. The monoisotopic (exact) mass is 448 g/mol. The number of amides is 2. The van der Waals surface area contributed by atoms with Gasteiger partial charge >= 0.3 is 0 Å². The van der Waals surface area contributed by atoms with Crippen molar-refractivity contribution in [2.45, 2.75) is 39.8 Å². The Kier molecular flexibility index (Phi) is 8.18. The van der Waals surface area contributed by atoms with E-state index in [2.05, 4.69) is 21.2 Å². The summed E-state index contributed by atoms with van der Waals surface area (Å²) in [5.41, 5.74) is 1.63. The molecule has 0 saturated heterocycles. The van der Waals surface area contributed by atoms with Crippen molar-refractivity contribution in [2.75, 3.05) is 6.54 Å². The van der Waals surface area contributed by atoms with E-state index in [9.17, 15) is 14.0 Å². The highest BCUT2D eigenvalue weighted by molar-refractivity contribution is 9.10. The van der Waals surface area contributed by atoms with Crippen molar-refractivity contribution in [1.29, 1.82) is 0 Å². The van der Waals surface area contributed by atoms with E-state index < -0.39 is 6.04 Å². The van der Waals surface area contributed by atoms with Crippen molar-refractivity contribution in [3.63, 3.8) is 0 Å². The van der Waals surface area contributed by atoms with Crippen LogP contribution in [0.4, 0.5) is 4.39 Å². The maximum Gasteiger partial charge on any atom is 0.242 e. The Morgan fingerprint density at radius 1 is 1.07 bits per heavy atom. The number of hydrogen-bond acceptors (Lipinski definition) is 2. The Hall–Kier alpha value is -2.21. The van der Waals surface area contributed by atoms with E-state index in [0.717, 1.165) is 10.0 Å². The maximum atomic E-state index is 13.1. The molecule has 2 aromatic rings. The number of nitrogens with one attached hydrogen (secondary N) is 1. The van der Waals surface area contributed by atoms with E-state index in [1.54, 1.807) is 24.0 Å². The third-order valence-electron chi connectivity index (χ3n) is 4.36. The van der Waals surface area contributed by atoms with Crippen molar-refractivity contribution in [1.82, 2.24) is 10.2 Å². The van der Waals surface area contributed by atoms with Gasteiger partial charge in [-0.2, -0.15) is 0 Å². The fraction of sp³-hybridized carbons (Fsp3) is 0.364. The second-order valence-corrected chi connectivity index (χ2v) is 8.19. The first-order chi connectivity index (χ1) is 13.3. The molecular weight excluding hydrogens is 423 g/mol. The summed E-state index contributed by atoms with van der Waals surface area (Å²) in [6, 6.07) is 12.9. The normalized spacial score (nSPS) is 11.9. The third-order valence-corrected chi connectivity index (χ3v) is 4.86. The average Bonchev–Trinajstić information content (AvgIpc) is 2.65. The Morgan fingerprint density at radius 3 is 2.36 bits per heavy atom. The van der Waals surface area contributed by atoms with Crippen LogP contribution in [-0.4, -0.2) is 29.3 Å². The number of benzene rings is 2. The Bertz CT molecular complexity index is 808. The van der Waals surface area contributed by atoms with Gasteiger partial charge in [-0.3, -0.25) is 9.59 Å². The first-order valence-corrected chi connectivity index (χ1v) is 10.1. The summed E-state index contributed by atoms with van der Waals surface area (Å²) in [5.74, 6) is -0.386. The molecule has 0 heterocycles. The largest absolute Gasteiger partial charge is 0.354 e. The number of carbonyl (C=O) groups excluding carboxylic acids is 2. The lowest BCUT2D eigenvalue weighted by molar-refractivity contribution is -0.140. The molecule has 0 spiro atoms. The van der Waals surface area contributed by atoms with Crippen LogP contribution in [0.2, 0.25) is 0 Å². The van der Waals surface area contributed by atoms with Crippen LogP contribution < -0.4 is 5.32 Å². The number of rotatable bonds is 8. The molecule has 0 radical (unpaired) electrons. The van der Waals surface area contributed by atoms with Gasteiger partial charge in [-0.15, -0.1) is 0 Å². The summed E-state index contributed by atoms with van der Waals surface area (Å²) in [6.07, 6.45) is 0.107. The molecule has 6 heteroatoms. The van der Waals surface area contributed by atoms with Crippen LogP contribution in [0.3, 0.4) is 0 Å². The SMILES string of the molecule is CC(C)CNC(=O)[C@H](C)N(Cc1cccc(Br)c1)C(=O)Cc1ccc(F)cc1. The maximum absolute atomic E-state index is 13.1. The van der Waals surface area contributed by atoms with Crippen molar-refractivity contribution >= 4 is 27.7 Å². The van der Waals surface area contributed by atoms with Gasteiger partial charge in [-0.05, 0) is 48.2 Å². The molecule has 1 atom stereocenters. The van der Waals surface area contributed by atoms with Crippen LogP contribution >= 0.6 is 15.9 Å². The summed E-state index contributed by atoms with van der Waals surface area (Å²) in [7, 11) is 0. The molecule has 0 fully saturated rings. The molecule has 0 aliphatic heterocycles.